The maximum Gasteiger partial charge on any atom is 0.416 e. The van der Waals surface area contributed by atoms with Gasteiger partial charge in [0.15, 0.2) is 5.96 Å². The Morgan fingerprint density at radius 1 is 1.24 bits per heavy atom. The average Bonchev–Trinajstić information content (AvgIpc) is 2.56. The van der Waals surface area contributed by atoms with Crippen LogP contribution in [0.4, 0.5) is 13.2 Å². The molecule has 0 saturated carbocycles. The first-order valence-electron chi connectivity index (χ1n) is 8.20. The van der Waals surface area contributed by atoms with Gasteiger partial charge in [0.05, 0.1) is 18.7 Å². The fourth-order valence-electron chi connectivity index (χ4n) is 2.03. The summed E-state index contributed by atoms with van der Waals surface area (Å²) in [6.07, 6.45) is -3.49. The maximum atomic E-state index is 12.7. The number of benzene rings is 1. The fraction of sp³-hybridized carbons (Fsp3) is 0.529. The quantitative estimate of drug-likeness (QED) is 0.324. The van der Waals surface area contributed by atoms with Crippen molar-refractivity contribution in [2.45, 2.75) is 39.4 Å². The van der Waals surface area contributed by atoms with Crippen molar-refractivity contribution in [2.75, 3.05) is 19.7 Å². The third-order valence-corrected chi connectivity index (χ3v) is 3.17. The summed E-state index contributed by atoms with van der Waals surface area (Å²) in [6, 6.07) is 5.09. The van der Waals surface area contributed by atoms with Crippen LogP contribution in [0.15, 0.2) is 29.3 Å². The van der Waals surface area contributed by atoms with Gasteiger partial charge in [-0.1, -0.05) is 12.1 Å². The van der Waals surface area contributed by atoms with Crippen LogP contribution in [0, 0.1) is 0 Å². The van der Waals surface area contributed by atoms with E-state index in [0.29, 0.717) is 44.1 Å². The number of rotatable bonds is 8. The van der Waals surface area contributed by atoms with Gasteiger partial charge in [-0.25, -0.2) is 4.99 Å². The van der Waals surface area contributed by atoms with Gasteiger partial charge in [0.2, 0.25) is 0 Å². The van der Waals surface area contributed by atoms with Gasteiger partial charge >= 0.3 is 12.1 Å². The minimum absolute atomic E-state index is 0.122. The van der Waals surface area contributed by atoms with E-state index >= 15 is 0 Å². The molecule has 1 rings (SSSR count). The molecule has 0 aliphatic carbocycles. The molecule has 0 saturated heterocycles. The largest absolute Gasteiger partial charge is 0.466 e. The Morgan fingerprint density at radius 3 is 2.64 bits per heavy atom. The third kappa shape index (κ3) is 8.42. The molecule has 1 aromatic carbocycles. The number of carbonyl (C=O) groups excluding carboxylic acids is 1. The topological polar surface area (TPSA) is 62.7 Å². The lowest BCUT2D eigenvalue weighted by molar-refractivity contribution is -0.143. The van der Waals surface area contributed by atoms with Crippen LogP contribution in [0.25, 0.3) is 0 Å². The maximum absolute atomic E-state index is 12.7. The van der Waals surface area contributed by atoms with Crippen LogP contribution in [-0.2, 0) is 22.3 Å². The number of carbonyl (C=O) groups is 1. The number of hydrogen-bond acceptors (Lipinski definition) is 3. The van der Waals surface area contributed by atoms with E-state index < -0.39 is 11.7 Å². The summed E-state index contributed by atoms with van der Waals surface area (Å²) in [5.74, 6) is 0.235. The molecule has 0 aliphatic heterocycles. The first-order valence-corrected chi connectivity index (χ1v) is 8.20. The molecular weight excluding hydrogens is 335 g/mol. The van der Waals surface area contributed by atoms with E-state index in [4.69, 9.17) is 4.74 Å². The van der Waals surface area contributed by atoms with Gasteiger partial charge in [-0.05, 0) is 38.0 Å². The zero-order valence-corrected chi connectivity index (χ0v) is 14.4. The van der Waals surface area contributed by atoms with Crippen LogP contribution >= 0.6 is 0 Å². The molecule has 0 atom stereocenters. The molecule has 5 nitrogen and oxygen atoms in total. The van der Waals surface area contributed by atoms with Crippen molar-refractivity contribution in [3.05, 3.63) is 35.4 Å². The van der Waals surface area contributed by atoms with E-state index in [0.717, 1.165) is 12.1 Å². The van der Waals surface area contributed by atoms with Crippen molar-refractivity contribution in [3.63, 3.8) is 0 Å². The number of ether oxygens (including phenoxy) is 1. The molecule has 8 heteroatoms. The summed E-state index contributed by atoms with van der Waals surface area (Å²) >= 11 is 0. The van der Waals surface area contributed by atoms with E-state index in [2.05, 4.69) is 15.6 Å². The first kappa shape index (κ1) is 20.8. The molecule has 0 aliphatic rings. The number of hydrogen-bond donors (Lipinski definition) is 2. The molecule has 0 fully saturated rings. The number of nitrogens with zero attached hydrogens (tertiary/aromatic N) is 1. The van der Waals surface area contributed by atoms with Crippen LogP contribution in [-0.4, -0.2) is 31.6 Å². The van der Waals surface area contributed by atoms with Gasteiger partial charge < -0.3 is 15.4 Å². The number of nitrogens with one attached hydrogen (secondary N) is 2. The summed E-state index contributed by atoms with van der Waals surface area (Å²) in [7, 11) is 0. The molecular formula is C17H24F3N3O2. The van der Waals surface area contributed by atoms with Crippen LogP contribution in [0.3, 0.4) is 0 Å². The van der Waals surface area contributed by atoms with E-state index in [1.165, 1.54) is 6.07 Å². The van der Waals surface area contributed by atoms with Gasteiger partial charge in [0.25, 0.3) is 0 Å². The van der Waals surface area contributed by atoms with Gasteiger partial charge in [-0.2, -0.15) is 13.2 Å². The SMILES string of the molecule is CCNC(=NCc1cccc(C(F)(F)F)c1)NCCCC(=O)OCC. The van der Waals surface area contributed by atoms with Crippen molar-refractivity contribution in [3.8, 4) is 0 Å². The second-order valence-electron chi connectivity index (χ2n) is 5.23. The predicted octanol–water partition coefficient (Wildman–Crippen LogP) is 3.10. The number of aliphatic imine (C=N–C) groups is 1. The van der Waals surface area contributed by atoms with Gasteiger partial charge in [-0.3, -0.25) is 4.79 Å². The van der Waals surface area contributed by atoms with Crippen LogP contribution in [0.5, 0.6) is 0 Å². The molecule has 1 aromatic rings. The van der Waals surface area contributed by atoms with Crippen molar-refractivity contribution >= 4 is 11.9 Å². The molecule has 0 aromatic heterocycles. The lowest BCUT2D eigenvalue weighted by Crippen LogP contribution is -2.37. The smallest absolute Gasteiger partial charge is 0.416 e. The highest BCUT2D eigenvalue weighted by atomic mass is 19.4. The summed E-state index contributed by atoms with van der Waals surface area (Å²) in [5.41, 5.74) is -0.217. The number of guanidine groups is 1. The standard InChI is InChI=1S/C17H24F3N3O2/c1-3-21-16(22-10-6-9-15(24)25-4-2)23-12-13-7-5-8-14(11-13)17(18,19)20/h5,7-8,11H,3-4,6,9-10,12H2,1-2H3,(H2,21,22,23). The lowest BCUT2D eigenvalue weighted by atomic mass is 10.1. The second-order valence-corrected chi connectivity index (χ2v) is 5.23. The number of halogens is 3. The Balaban J connectivity index is 2.56. The Bertz CT molecular complexity index is 575. The minimum Gasteiger partial charge on any atom is -0.466 e. The Kier molecular flexibility index (Phi) is 8.80. The summed E-state index contributed by atoms with van der Waals surface area (Å²) < 4.78 is 43.0. The fourth-order valence-corrected chi connectivity index (χ4v) is 2.03. The van der Waals surface area contributed by atoms with Gasteiger partial charge in [-0.15, -0.1) is 0 Å². The van der Waals surface area contributed by atoms with Crippen molar-refractivity contribution in [1.82, 2.24) is 10.6 Å². The van der Waals surface area contributed by atoms with Crippen LogP contribution < -0.4 is 10.6 Å². The average molecular weight is 359 g/mol. The molecule has 2 N–H and O–H groups in total. The number of alkyl halides is 3. The zero-order valence-electron chi connectivity index (χ0n) is 14.4. The summed E-state index contributed by atoms with van der Waals surface area (Å²) in [6.45, 7) is 5.24. The zero-order chi connectivity index (χ0) is 18.7. The van der Waals surface area contributed by atoms with Crippen LogP contribution in [0.1, 0.15) is 37.8 Å². The van der Waals surface area contributed by atoms with Gasteiger partial charge in [0.1, 0.15) is 0 Å². The molecule has 0 heterocycles. The number of esters is 1. The third-order valence-electron chi connectivity index (χ3n) is 3.17. The molecule has 25 heavy (non-hydrogen) atoms. The van der Waals surface area contributed by atoms with E-state index in [1.807, 2.05) is 6.92 Å². The van der Waals surface area contributed by atoms with Crippen molar-refractivity contribution in [2.24, 2.45) is 4.99 Å². The van der Waals surface area contributed by atoms with Crippen molar-refractivity contribution in [1.29, 1.82) is 0 Å². The highest BCUT2D eigenvalue weighted by Crippen LogP contribution is 2.29. The summed E-state index contributed by atoms with van der Waals surface area (Å²) in [4.78, 5) is 15.5. The monoisotopic (exact) mass is 359 g/mol. The second kappa shape index (κ2) is 10.6. The Labute approximate surface area is 145 Å². The minimum atomic E-state index is -4.37. The Hall–Kier alpha value is -2.25. The first-order chi connectivity index (χ1) is 11.9. The predicted molar refractivity (Wildman–Crippen MR) is 90.1 cm³/mol. The molecule has 0 unspecified atom stereocenters. The van der Waals surface area contributed by atoms with Crippen molar-refractivity contribution < 1.29 is 22.7 Å². The molecule has 0 spiro atoms. The molecule has 0 bridgehead atoms. The highest BCUT2D eigenvalue weighted by Gasteiger charge is 2.30. The van der Waals surface area contributed by atoms with E-state index in [-0.39, 0.29) is 12.5 Å². The van der Waals surface area contributed by atoms with Gasteiger partial charge in [0, 0.05) is 19.5 Å². The molecule has 140 valence electrons. The lowest BCUT2D eigenvalue weighted by Gasteiger charge is -2.12. The van der Waals surface area contributed by atoms with E-state index in [9.17, 15) is 18.0 Å². The summed E-state index contributed by atoms with van der Waals surface area (Å²) in [5, 5.41) is 6.05. The molecule has 0 radical (unpaired) electrons. The van der Waals surface area contributed by atoms with E-state index in [1.54, 1.807) is 13.0 Å². The highest BCUT2D eigenvalue weighted by molar-refractivity contribution is 5.79. The Morgan fingerprint density at radius 2 is 2.00 bits per heavy atom. The normalized spacial score (nSPS) is 12.0. The molecule has 0 amide bonds. The van der Waals surface area contributed by atoms with Crippen LogP contribution in [0.2, 0.25) is 0 Å².